The van der Waals surface area contributed by atoms with Crippen LogP contribution in [0.3, 0.4) is 0 Å². The first-order valence-electron chi connectivity index (χ1n) is 8.86. The van der Waals surface area contributed by atoms with Gasteiger partial charge in [-0.05, 0) is 85.3 Å². The minimum absolute atomic E-state index is 0.172. The number of hydrogen-bond donors (Lipinski definition) is 4. The van der Waals surface area contributed by atoms with E-state index in [1.165, 1.54) is 17.8 Å². The first-order chi connectivity index (χ1) is 14.2. The van der Waals surface area contributed by atoms with Gasteiger partial charge in [0.2, 0.25) is 5.56 Å². The molecule has 0 aliphatic heterocycles. The molecule has 1 heterocycles. The Morgan fingerprint density at radius 2 is 1.80 bits per heavy atom. The lowest BCUT2D eigenvalue weighted by atomic mass is 10.1. The summed E-state index contributed by atoms with van der Waals surface area (Å²) in [5, 5.41) is 19.2. The normalized spacial score (nSPS) is 12.0. The van der Waals surface area contributed by atoms with Gasteiger partial charge in [-0.3, -0.25) is 9.59 Å². The summed E-state index contributed by atoms with van der Waals surface area (Å²) >= 11 is 8.61. The largest absolute Gasteiger partial charge is 0.508 e. The number of benzene rings is 2. The number of aromatic amines is 1. The van der Waals surface area contributed by atoms with Crippen molar-refractivity contribution in [1.82, 2.24) is 4.98 Å². The van der Waals surface area contributed by atoms with Crippen LogP contribution >= 0.6 is 43.6 Å². The maximum absolute atomic E-state index is 11.2. The molecule has 9 heteroatoms. The summed E-state index contributed by atoms with van der Waals surface area (Å²) in [5.74, 6) is -0.860. The number of H-pyrrole nitrogens is 1. The van der Waals surface area contributed by atoms with Gasteiger partial charge in [0, 0.05) is 37.4 Å². The topological polar surface area (TPSA) is 116 Å². The predicted octanol–water partition coefficient (Wildman–Crippen LogP) is 4.30. The third-order valence-electron chi connectivity index (χ3n) is 4.34. The number of nitrogens with two attached hydrogens (primary N) is 1. The predicted molar refractivity (Wildman–Crippen MR) is 123 cm³/mol. The third-order valence-corrected chi connectivity index (χ3v) is 7.25. The molecule has 0 bridgehead atoms. The second-order valence-electron chi connectivity index (χ2n) is 6.67. The van der Waals surface area contributed by atoms with Crippen LogP contribution in [-0.2, 0) is 17.6 Å². The summed E-state index contributed by atoms with van der Waals surface area (Å²) in [6.45, 7) is 0. The highest BCUT2D eigenvalue weighted by Crippen LogP contribution is 2.41. The zero-order valence-electron chi connectivity index (χ0n) is 15.6. The number of halogens is 2. The molecule has 0 aliphatic rings. The summed E-state index contributed by atoms with van der Waals surface area (Å²) in [7, 11) is 0. The van der Waals surface area contributed by atoms with Crippen LogP contribution in [0.5, 0.6) is 5.75 Å². The molecule has 0 spiro atoms. The Bertz CT molecular complexity index is 1110. The Kier molecular flexibility index (Phi) is 7.41. The molecule has 1 aromatic heterocycles. The van der Waals surface area contributed by atoms with Gasteiger partial charge in [0.05, 0.1) is 0 Å². The summed E-state index contributed by atoms with van der Waals surface area (Å²) in [6.07, 6.45) is 2.33. The van der Waals surface area contributed by atoms with Crippen molar-refractivity contribution in [3.63, 3.8) is 0 Å². The highest BCUT2D eigenvalue weighted by molar-refractivity contribution is 9.11. The second kappa shape index (κ2) is 9.82. The molecule has 0 aliphatic carbocycles. The molecule has 3 rings (SSSR count). The molecule has 0 amide bonds. The van der Waals surface area contributed by atoms with E-state index >= 15 is 0 Å². The van der Waals surface area contributed by atoms with E-state index in [9.17, 15) is 14.7 Å². The lowest BCUT2D eigenvalue weighted by molar-refractivity contribution is -0.138. The second-order valence-corrected chi connectivity index (χ2v) is 9.46. The number of aromatic hydroxyl groups is 1. The third kappa shape index (κ3) is 5.75. The van der Waals surface area contributed by atoms with E-state index in [1.807, 2.05) is 24.3 Å². The Morgan fingerprint density at radius 3 is 2.40 bits per heavy atom. The number of aliphatic carboxylic acids is 1. The van der Waals surface area contributed by atoms with E-state index in [2.05, 4.69) is 36.8 Å². The number of pyridine rings is 1. The van der Waals surface area contributed by atoms with Crippen LogP contribution in [0.25, 0.3) is 0 Å². The van der Waals surface area contributed by atoms with E-state index in [-0.39, 0.29) is 17.7 Å². The zero-order chi connectivity index (χ0) is 21.8. The lowest BCUT2D eigenvalue weighted by Gasteiger charge is -2.13. The summed E-state index contributed by atoms with van der Waals surface area (Å²) in [4.78, 5) is 26.7. The fourth-order valence-corrected chi connectivity index (χ4v) is 5.48. The minimum atomic E-state index is -1.04. The van der Waals surface area contributed by atoms with E-state index in [1.54, 1.807) is 18.3 Å². The van der Waals surface area contributed by atoms with Gasteiger partial charge in [-0.15, -0.1) is 0 Å². The van der Waals surface area contributed by atoms with Gasteiger partial charge >= 0.3 is 5.97 Å². The average molecular weight is 554 g/mol. The van der Waals surface area contributed by atoms with Gasteiger partial charge in [-0.1, -0.05) is 17.8 Å². The fraction of sp³-hybridized carbons (Fsp3) is 0.143. The molecule has 0 saturated heterocycles. The van der Waals surface area contributed by atoms with Crippen LogP contribution in [0, 0.1) is 0 Å². The van der Waals surface area contributed by atoms with Crippen molar-refractivity contribution in [2.45, 2.75) is 28.7 Å². The zero-order valence-corrected chi connectivity index (χ0v) is 19.6. The molecule has 0 saturated carbocycles. The molecule has 30 heavy (non-hydrogen) atoms. The maximum atomic E-state index is 11.2. The molecule has 1 atom stereocenters. The van der Waals surface area contributed by atoms with E-state index in [0.717, 1.165) is 35.4 Å². The van der Waals surface area contributed by atoms with Crippen molar-refractivity contribution in [2.75, 3.05) is 0 Å². The molecule has 156 valence electrons. The van der Waals surface area contributed by atoms with Crippen LogP contribution in [0.4, 0.5) is 0 Å². The number of nitrogens with one attached hydrogen (secondary N) is 1. The Labute approximate surface area is 193 Å². The number of aromatic nitrogens is 1. The highest BCUT2D eigenvalue weighted by Gasteiger charge is 2.16. The van der Waals surface area contributed by atoms with Crippen molar-refractivity contribution >= 4 is 49.6 Å². The first-order valence-corrected chi connectivity index (χ1v) is 11.3. The van der Waals surface area contributed by atoms with Crippen molar-refractivity contribution in [3.05, 3.63) is 84.7 Å². The average Bonchev–Trinajstić information content (AvgIpc) is 2.68. The van der Waals surface area contributed by atoms with Crippen LogP contribution in [0.2, 0.25) is 0 Å². The summed E-state index contributed by atoms with van der Waals surface area (Å²) < 4.78 is 1.62. The Balaban J connectivity index is 1.83. The molecule has 3 aromatic rings. The monoisotopic (exact) mass is 552 g/mol. The molecule has 0 radical (unpaired) electrons. The Hall–Kier alpha value is -2.07. The van der Waals surface area contributed by atoms with Gasteiger partial charge in [0.15, 0.2) is 0 Å². The van der Waals surface area contributed by atoms with Crippen LogP contribution in [0.1, 0.15) is 16.7 Å². The molecule has 6 nitrogen and oxygen atoms in total. The molecular formula is C21H18Br2N2O4S. The quantitative estimate of drug-likeness (QED) is 0.346. The van der Waals surface area contributed by atoms with Crippen molar-refractivity contribution in [1.29, 1.82) is 0 Å². The van der Waals surface area contributed by atoms with E-state index < -0.39 is 12.0 Å². The van der Waals surface area contributed by atoms with E-state index in [0.29, 0.717) is 6.42 Å². The molecule has 0 fully saturated rings. The van der Waals surface area contributed by atoms with Gasteiger partial charge in [-0.2, -0.15) is 0 Å². The van der Waals surface area contributed by atoms with Crippen molar-refractivity contribution < 1.29 is 15.0 Å². The molecule has 1 unspecified atom stereocenters. The number of carboxylic acids is 1. The number of carbonyl (C=O) groups is 1. The maximum Gasteiger partial charge on any atom is 0.320 e. The number of phenols is 1. The van der Waals surface area contributed by atoms with Gasteiger partial charge in [0.25, 0.3) is 0 Å². The number of carboxylic acid groups (broad SMARTS) is 1. The number of rotatable bonds is 7. The molecular weight excluding hydrogens is 536 g/mol. The fourth-order valence-electron chi connectivity index (χ4n) is 2.83. The Morgan fingerprint density at radius 1 is 1.10 bits per heavy atom. The van der Waals surface area contributed by atoms with Crippen LogP contribution in [-0.4, -0.2) is 27.2 Å². The van der Waals surface area contributed by atoms with Gasteiger partial charge in [0.1, 0.15) is 11.8 Å². The SMILES string of the molecule is NC(Cc1cc(Br)c(Sc2ccc(O)c(Cc3ccc(=O)[nH]c3)c2)c(Br)c1)C(=O)O. The molecule has 5 N–H and O–H groups in total. The van der Waals surface area contributed by atoms with Crippen molar-refractivity contribution in [2.24, 2.45) is 5.73 Å². The minimum Gasteiger partial charge on any atom is -0.508 e. The highest BCUT2D eigenvalue weighted by atomic mass is 79.9. The smallest absolute Gasteiger partial charge is 0.320 e. The van der Waals surface area contributed by atoms with Crippen molar-refractivity contribution in [3.8, 4) is 5.75 Å². The van der Waals surface area contributed by atoms with Gasteiger partial charge in [-0.25, -0.2) is 0 Å². The summed E-state index contributed by atoms with van der Waals surface area (Å²) in [5.41, 5.74) is 7.89. The van der Waals surface area contributed by atoms with Crippen LogP contribution in [0.15, 0.2) is 72.2 Å². The lowest BCUT2D eigenvalue weighted by Crippen LogP contribution is -2.32. The first kappa shape index (κ1) is 22.6. The standard InChI is InChI=1S/C21H18Br2N2O4S/c22-15-6-12(8-17(24)21(28)29)7-16(23)20(15)30-14-2-3-18(26)13(9-14)5-11-1-4-19(27)25-10-11/h1-4,6-7,9-10,17,26H,5,8,24H2,(H,25,27)(H,28,29). The number of hydrogen-bond acceptors (Lipinski definition) is 5. The van der Waals surface area contributed by atoms with Gasteiger partial charge < -0.3 is 20.9 Å². The van der Waals surface area contributed by atoms with Crippen LogP contribution < -0.4 is 11.3 Å². The number of phenolic OH excluding ortho intramolecular Hbond substituents is 1. The molecule has 2 aromatic carbocycles. The summed E-state index contributed by atoms with van der Waals surface area (Å²) in [6, 6.07) is 11.3. The van der Waals surface area contributed by atoms with E-state index in [4.69, 9.17) is 10.8 Å².